The van der Waals surface area contributed by atoms with Gasteiger partial charge in [-0.15, -0.1) is 0 Å². The molecule has 2 fully saturated rings. The molecule has 0 bridgehead atoms. The zero-order valence-electron chi connectivity index (χ0n) is 7.33. The van der Waals surface area contributed by atoms with Crippen LogP contribution in [0.5, 0.6) is 0 Å². The lowest BCUT2D eigenvalue weighted by molar-refractivity contribution is -0.201. The Balaban J connectivity index is 2.14. The maximum absolute atomic E-state index is 5.81. The van der Waals surface area contributed by atoms with Crippen molar-refractivity contribution in [3.63, 3.8) is 0 Å². The van der Waals surface area contributed by atoms with Gasteiger partial charge in [0.15, 0.2) is 0 Å². The summed E-state index contributed by atoms with van der Waals surface area (Å²) in [6.07, 6.45) is 0.244. The highest BCUT2D eigenvalue weighted by atomic mass is 16.6. The first-order chi connectivity index (χ1) is 5.16. The van der Waals surface area contributed by atoms with Crippen molar-refractivity contribution in [1.82, 2.24) is 4.90 Å². The lowest BCUT2D eigenvalue weighted by Gasteiger charge is -2.40. The molecule has 3 heteroatoms. The first-order valence-corrected chi connectivity index (χ1v) is 4.13. The topological polar surface area (TPSA) is 21.7 Å². The fourth-order valence-corrected chi connectivity index (χ4v) is 1.82. The van der Waals surface area contributed by atoms with E-state index in [1.54, 1.807) is 0 Å². The van der Waals surface area contributed by atoms with Crippen LogP contribution in [-0.2, 0) is 9.47 Å². The summed E-state index contributed by atoms with van der Waals surface area (Å²) in [5.74, 6) is 0. The van der Waals surface area contributed by atoms with E-state index in [4.69, 9.17) is 9.47 Å². The lowest BCUT2D eigenvalue weighted by Crippen LogP contribution is -2.57. The fraction of sp³-hybridized carbons (Fsp3) is 1.00. The molecule has 2 saturated heterocycles. The van der Waals surface area contributed by atoms with E-state index in [1.165, 1.54) is 0 Å². The molecule has 2 aliphatic rings. The van der Waals surface area contributed by atoms with Gasteiger partial charge in [-0.05, 0) is 20.9 Å². The molecule has 2 aliphatic heterocycles. The summed E-state index contributed by atoms with van der Waals surface area (Å²) < 4.78 is 11.0. The van der Waals surface area contributed by atoms with Gasteiger partial charge in [0.2, 0.25) is 0 Å². The molecular formula is C8H15NO2. The third-order valence-electron chi connectivity index (χ3n) is 3.04. The van der Waals surface area contributed by atoms with Gasteiger partial charge in [-0.25, -0.2) is 0 Å². The summed E-state index contributed by atoms with van der Waals surface area (Å²) in [6.45, 7) is 5.82. The predicted octanol–water partition coefficient (Wildman–Crippen LogP) is 0.452. The maximum atomic E-state index is 5.81. The average Bonchev–Trinajstić information content (AvgIpc) is 2.12. The number of hydrogen-bond acceptors (Lipinski definition) is 3. The Hall–Kier alpha value is -0.120. The molecule has 0 radical (unpaired) electrons. The normalized spacial score (nSPS) is 42.8. The highest BCUT2D eigenvalue weighted by Gasteiger charge is 2.53. The summed E-state index contributed by atoms with van der Waals surface area (Å²) in [5.41, 5.74) is 0.0220. The van der Waals surface area contributed by atoms with Crippen molar-refractivity contribution in [2.24, 2.45) is 0 Å². The number of nitrogens with zero attached hydrogens (tertiary/aromatic N) is 1. The molecule has 0 aromatic carbocycles. The van der Waals surface area contributed by atoms with Gasteiger partial charge in [0, 0.05) is 6.04 Å². The predicted molar refractivity (Wildman–Crippen MR) is 41.3 cm³/mol. The average molecular weight is 157 g/mol. The monoisotopic (exact) mass is 157 g/mol. The Morgan fingerprint density at radius 2 is 2.00 bits per heavy atom. The molecule has 0 aromatic rings. The third-order valence-corrected chi connectivity index (χ3v) is 3.04. The van der Waals surface area contributed by atoms with E-state index in [9.17, 15) is 0 Å². The highest BCUT2D eigenvalue weighted by Crippen LogP contribution is 2.36. The van der Waals surface area contributed by atoms with Crippen LogP contribution in [-0.4, -0.2) is 43.0 Å². The largest absolute Gasteiger partial charge is 0.375 e. The zero-order chi connectivity index (χ0) is 8.06. The summed E-state index contributed by atoms with van der Waals surface area (Å²) in [6, 6.07) is 0.492. The van der Waals surface area contributed by atoms with Crippen LogP contribution in [0.1, 0.15) is 13.8 Å². The molecule has 1 unspecified atom stereocenters. The Bertz CT molecular complexity index is 167. The molecule has 0 N–H and O–H groups in total. The van der Waals surface area contributed by atoms with E-state index in [2.05, 4.69) is 25.8 Å². The second-order valence-electron chi connectivity index (χ2n) is 3.62. The molecule has 2 heterocycles. The Morgan fingerprint density at radius 3 is 2.18 bits per heavy atom. The molecule has 1 spiro atoms. The second-order valence-corrected chi connectivity index (χ2v) is 3.62. The minimum Gasteiger partial charge on any atom is -0.375 e. The van der Waals surface area contributed by atoms with E-state index in [1.807, 2.05) is 0 Å². The fourth-order valence-electron chi connectivity index (χ4n) is 1.82. The molecular weight excluding hydrogens is 142 g/mol. The van der Waals surface area contributed by atoms with Crippen LogP contribution in [0.15, 0.2) is 0 Å². The van der Waals surface area contributed by atoms with Gasteiger partial charge in [0.1, 0.15) is 11.8 Å². The van der Waals surface area contributed by atoms with Crippen LogP contribution < -0.4 is 0 Å². The summed E-state index contributed by atoms with van der Waals surface area (Å²) in [4.78, 5) is 2.25. The molecule has 0 aromatic heterocycles. The summed E-state index contributed by atoms with van der Waals surface area (Å²) in [5, 5.41) is 0. The molecule has 0 aliphatic carbocycles. The van der Waals surface area contributed by atoms with Gasteiger partial charge in [-0.3, -0.25) is 4.90 Å². The maximum Gasteiger partial charge on any atom is 0.132 e. The molecule has 2 rings (SSSR count). The molecule has 3 nitrogen and oxygen atoms in total. The highest BCUT2D eigenvalue weighted by molar-refractivity contribution is 5.01. The van der Waals surface area contributed by atoms with Crippen molar-refractivity contribution in [3.05, 3.63) is 0 Å². The number of hydrogen-bond donors (Lipinski definition) is 0. The summed E-state index contributed by atoms with van der Waals surface area (Å²) in [7, 11) is 2.10. The van der Waals surface area contributed by atoms with Crippen LogP contribution >= 0.6 is 0 Å². The molecule has 0 amide bonds. The van der Waals surface area contributed by atoms with Crippen LogP contribution in [0.2, 0.25) is 0 Å². The quantitative estimate of drug-likeness (QED) is 0.509. The number of rotatable bonds is 0. The SMILES string of the molecule is CC1OC2(COC2)[C@H](C)N1C. The first-order valence-electron chi connectivity index (χ1n) is 4.13. The Morgan fingerprint density at radius 1 is 1.36 bits per heavy atom. The minimum atomic E-state index is 0.0220. The van der Waals surface area contributed by atoms with Crippen molar-refractivity contribution >= 4 is 0 Å². The summed E-state index contributed by atoms with van der Waals surface area (Å²) >= 11 is 0. The van der Waals surface area contributed by atoms with Crippen LogP contribution in [0.3, 0.4) is 0 Å². The van der Waals surface area contributed by atoms with Gasteiger partial charge < -0.3 is 9.47 Å². The molecule has 2 atom stereocenters. The van der Waals surface area contributed by atoms with Crippen molar-refractivity contribution in [2.75, 3.05) is 20.3 Å². The smallest absolute Gasteiger partial charge is 0.132 e. The number of ether oxygens (including phenoxy) is 2. The van der Waals surface area contributed by atoms with Gasteiger partial charge >= 0.3 is 0 Å². The molecule has 0 saturated carbocycles. The van der Waals surface area contributed by atoms with E-state index in [0.717, 1.165) is 13.2 Å². The number of likely N-dealkylation sites (N-methyl/N-ethyl adjacent to an activating group) is 1. The standard InChI is InChI=1S/C8H15NO2/c1-6-8(4-10-5-8)11-7(2)9(6)3/h6-7H,4-5H2,1-3H3/t6-,7?/m0/s1. The van der Waals surface area contributed by atoms with E-state index >= 15 is 0 Å². The molecule has 64 valence electrons. The van der Waals surface area contributed by atoms with E-state index in [-0.39, 0.29) is 11.8 Å². The van der Waals surface area contributed by atoms with Crippen molar-refractivity contribution in [2.45, 2.75) is 31.7 Å². The zero-order valence-corrected chi connectivity index (χ0v) is 7.33. The van der Waals surface area contributed by atoms with E-state index in [0.29, 0.717) is 6.04 Å². The van der Waals surface area contributed by atoms with Gasteiger partial charge in [-0.2, -0.15) is 0 Å². The Kier molecular flexibility index (Phi) is 1.50. The van der Waals surface area contributed by atoms with Gasteiger partial charge in [0.25, 0.3) is 0 Å². The minimum absolute atomic E-state index is 0.0220. The third kappa shape index (κ3) is 0.849. The Labute approximate surface area is 67.3 Å². The van der Waals surface area contributed by atoms with Gasteiger partial charge in [-0.1, -0.05) is 0 Å². The van der Waals surface area contributed by atoms with Gasteiger partial charge in [0.05, 0.1) is 13.2 Å². The first kappa shape index (κ1) is 7.53. The van der Waals surface area contributed by atoms with E-state index < -0.39 is 0 Å². The lowest BCUT2D eigenvalue weighted by atomic mass is 9.94. The van der Waals surface area contributed by atoms with Crippen molar-refractivity contribution in [3.8, 4) is 0 Å². The molecule has 11 heavy (non-hydrogen) atoms. The van der Waals surface area contributed by atoms with Crippen LogP contribution in [0.25, 0.3) is 0 Å². The van der Waals surface area contributed by atoms with Crippen LogP contribution in [0, 0.1) is 0 Å². The van der Waals surface area contributed by atoms with Crippen molar-refractivity contribution in [1.29, 1.82) is 0 Å². The van der Waals surface area contributed by atoms with Crippen LogP contribution in [0.4, 0.5) is 0 Å². The van der Waals surface area contributed by atoms with Crippen molar-refractivity contribution < 1.29 is 9.47 Å². The second kappa shape index (κ2) is 2.19.